The Kier molecular flexibility index (Phi) is 4.12. The summed E-state index contributed by atoms with van der Waals surface area (Å²) in [6.45, 7) is 5.71. The number of hydrogen-bond donors (Lipinski definition) is 0. The first kappa shape index (κ1) is 9.50. The molecule has 0 aromatic rings. The van der Waals surface area contributed by atoms with E-state index in [1.807, 2.05) is 0 Å². The molecule has 0 rings (SSSR count). The molecule has 3 heteroatoms. The number of likely N-dealkylation sites (N-methyl/N-ethyl adjacent to an activating group) is 1. The lowest BCUT2D eigenvalue weighted by Crippen LogP contribution is -2.32. The molecule has 0 saturated carbocycles. The van der Waals surface area contributed by atoms with E-state index in [9.17, 15) is 4.79 Å². The van der Waals surface area contributed by atoms with Crippen molar-refractivity contribution in [3.63, 3.8) is 0 Å². The molecule has 0 bridgehead atoms. The van der Waals surface area contributed by atoms with Crippen LogP contribution in [0.1, 0.15) is 6.92 Å². The number of nitrogens with zero attached hydrogens (tertiary/aromatic N) is 1. The van der Waals surface area contributed by atoms with Crippen LogP contribution in [0.3, 0.4) is 0 Å². The molecule has 1 atom stereocenters. The van der Waals surface area contributed by atoms with E-state index in [1.165, 1.54) is 4.90 Å². The van der Waals surface area contributed by atoms with Gasteiger partial charge in [-0.3, -0.25) is 4.79 Å². The third-order valence-electron chi connectivity index (χ3n) is 1.12. The predicted octanol–water partition coefficient (Wildman–Crippen LogP) is 1.26. The van der Waals surface area contributed by atoms with Gasteiger partial charge in [-0.05, 0) is 6.92 Å². The highest BCUT2D eigenvalue weighted by Crippen LogP contribution is 1.98. The highest BCUT2D eigenvalue weighted by Gasteiger charge is 2.12. The molecule has 10 heavy (non-hydrogen) atoms. The maximum atomic E-state index is 11.0. The molecule has 0 radical (unpaired) electrons. The Labute approximate surface area is 66.5 Å². The van der Waals surface area contributed by atoms with E-state index in [0.29, 0.717) is 6.54 Å². The monoisotopic (exact) mass is 161 g/mol. The molecule has 0 N–H and O–H groups in total. The minimum Gasteiger partial charge on any atom is -0.341 e. The second-order valence-corrected chi connectivity index (χ2v) is 2.78. The molecule has 0 aliphatic rings. The van der Waals surface area contributed by atoms with E-state index in [-0.39, 0.29) is 5.91 Å². The lowest BCUT2D eigenvalue weighted by molar-refractivity contribution is -0.128. The summed E-state index contributed by atoms with van der Waals surface area (Å²) in [7, 11) is 1.70. The maximum absolute atomic E-state index is 11.0. The molecule has 0 aliphatic heterocycles. The number of rotatable bonds is 3. The molecule has 1 amide bonds. The van der Waals surface area contributed by atoms with Crippen LogP contribution in [0.4, 0.5) is 0 Å². The first-order valence-electron chi connectivity index (χ1n) is 3.09. The largest absolute Gasteiger partial charge is 0.341 e. The van der Waals surface area contributed by atoms with Gasteiger partial charge in [0.15, 0.2) is 0 Å². The Balaban J connectivity index is 3.81. The zero-order valence-electron chi connectivity index (χ0n) is 6.30. The summed E-state index contributed by atoms with van der Waals surface area (Å²) in [6.07, 6.45) is 1.66. The standard InChI is InChI=1S/C7H12ClNO/c1-4-5-9(3)7(10)6(2)8/h4,6H,1,5H2,2-3H3. The first-order valence-corrected chi connectivity index (χ1v) is 3.53. The van der Waals surface area contributed by atoms with Gasteiger partial charge in [0.05, 0.1) is 0 Å². The van der Waals surface area contributed by atoms with Crippen molar-refractivity contribution in [2.75, 3.05) is 13.6 Å². The molecule has 0 heterocycles. The number of carbonyl (C=O) groups excluding carboxylic acids is 1. The molecule has 0 fully saturated rings. The summed E-state index contributed by atoms with van der Waals surface area (Å²) in [4.78, 5) is 12.5. The number of alkyl halides is 1. The van der Waals surface area contributed by atoms with Crippen LogP contribution in [-0.4, -0.2) is 29.8 Å². The van der Waals surface area contributed by atoms with E-state index in [2.05, 4.69) is 6.58 Å². The van der Waals surface area contributed by atoms with Gasteiger partial charge in [0, 0.05) is 13.6 Å². The normalized spacial score (nSPS) is 12.3. The summed E-state index contributed by atoms with van der Waals surface area (Å²) in [5.41, 5.74) is 0. The lowest BCUT2D eigenvalue weighted by Gasteiger charge is -2.15. The van der Waals surface area contributed by atoms with E-state index in [4.69, 9.17) is 11.6 Å². The van der Waals surface area contributed by atoms with Crippen molar-refractivity contribution in [2.24, 2.45) is 0 Å². The topological polar surface area (TPSA) is 20.3 Å². The van der Waals surface area contributed by atoms with Gasteiger partial charge in [0.25, 0.3) is 0 Å². The highest BCUT2D eigenvalue weighted by molar-refractivity contribution is 6.30. The third kappa shape index (κ3) is 2.87. The summed E-state index contributed by atoms with van der Waals surface area (Å²) in [5, 5.41) is -0.440. The van der Waals surface area contributed by atoms with E-state index in [0.717, 1.165) is 0 Å². The number of carbonyl (C=O) groups is 1. The number of amides is 1. The molecular formula is C7H12ClNO. The van der Waals surface area contributed by atoms with Crippen LogP contribution in [0.15, 0.2) is 12.7 Å². The minimum absolute atomic E-state index is 0.0680. The summed E-state index contributed by atoms with van der Waals surface area (Å²) in [5.74, 6) is -0.0680. The van der Waals surface area contributed by atoms with E-state index < -0.39 is 5.38 Å². The zero-order valence-corrected chi connectivity index (χ0v) is 7.06. The SMILES string of the molecule is C=CCN(C)C(=O)C(C)Cl. The molecule has 0 aliphatic carbocycles. The smallest absolute Gasteiger partial charge is 0.240 e. The maximum Gasteiger partial charge on any atom is 0.240 e. The second-order valence-electron chi connectivity index (χ2n) is 2.12. The third-order valence-corrected chi connectivity index (χ3v) is 1.31. The average Bonchev–Trinajstić information content (AvgIpc) is 1.87. The van der Waals surface area contributed by atoms with Crippen molar-refractivity contribution in [1.29, 1.82) is 0 Å². The van der Waals surface area contributed by atoms with Crippen LogP contribution < -0.4 is 0 Å². The predicted molar refractivity (Wildman–Crippen MR) is 43.1 cm³/mol. The Morgan fingerprint density at radius 1 is 1.90 bits per heavy atom. The van der Waals surface area contributed by atoms with Crippen LogP contribution in [0.2, 0.25) is 0 Å². The van der Waals surface area contributed by atoms with Gasteiger partial charge in [-0.2, -0.15) is 0 Å². The summed E-state index contributed by atoms with van der Waals surface area (Å²) >= 11 is 5.53. The Bertz CT molecular complexity index is 134. The molecule has 0 spiro atoms. The van der Waals surface area contributed by atoms with E-state index in [1.54, 1.807) is 20.0 Å². The van der Waals surface area contributed by atoms with Gasteiger partial charge in [-0.25, -0.2) is 0 Å². The van der Waals surface area contributed by atoms with Crippen molar-refractivity contribution in [3.8, 4) is 0 Å². The van der Waals surface area contributed by atoms with Crippen LogP contribution >= 0.6 is 11.6 Å². The number of halogens is 1. The van der Waals surface area contributed by atoms with Gasteiger partial charge < -0.3 is 4.90 Å². The second kappa shape index (κ2) is 4.34. The fourth-order valence-electron chi connectivity index (χ4n) is 0.587. The van der Waals surface area contributed by atoms with Crippen LogP contribution in [-0.2, 0) is 4.79 Å². The van der Waals surface area contributed by atoms with Crippen LogP contribution in [0.25, 0.3) is 0 Å². The first-order chi connectivity index (χ1) is 4.59. The lowest BCUT2D eigenvalue weighted by atomic mass is 10.4. The van der Waals surface area contributed by atoms with Gasteiger partial charge >= 0.3 is 0 Å². The van der Waals surface area contributed by atoms with Crippen LogP contribution in [0, 0.1) is 0 Å². The van der Waals surface area contributed by atoms with Crippen molar-refractivity contribution < 1.29 is 4.79 Å². The Morgan fingerprint density at radius 3 is 2.70 bits per heavy atom. The Hall–Kier alpha value is -0.500. The van der Waals surface area contributed by atoms with Crippen molar-refractivity contribution >= 4 is 17.5 Å². The Morgan fingerprint density at radius 2 is 2.40 bits per heavy atom. The molecule has 2 nitrogen and oxygen atoms in total. The van der Waals surface area contributed by atoms with Gasteiger partial charge in [0.2, 0.25) is 5.91 Å². The molecule has 58 valence electrons. The minimum atomic E-state index is -0.440. The molecule has 0 saturated heterocycles. The summed E-state index contributed by atoms with van der Waals surface area (Å²) in [6, 6.07) is 0. The highest BCUT2D eigenvalue weighted by atomic mass is 35.5. The zero-order chi connectivity index (χ0) is 8.15. The fraction of sp³-hybridized carbons (Fsp3) is 0.571. The van der Waals surface area contributed by atoms with Gasteiger partial charge in [0.1, 0.15) is 5.38 Å². The van der Waals surface area contributed by atoms with Crippen molar-refractivity contribution in [2.45, 2.75) is 12.3 Å². The van der Waals surface area contributed by atoms with Crippen molar-refractivity contribution in [1.82, 2.24) is 4.90 Å². The molecular weight excluding hydrogens is 150 g/mol. The van der Waals surface area contributed by atoms with Crippen LogP contribution in [0.5, 0.6) is 0 Å². The molecule has 0 aromatic carbocycles. The van der Waals surface area contributed by atoms with E-state index >= 15 is 0 Å². The van der Waals surface area contributed by atoms with Gasteiger partial charge in [-0.1, -0.05) is 6.08 Å². The summed E-state index contributed by atoms with van der Waals surface area (Å²) < 4.78 is 0. The fourth-order valence-corrected chi connectivity index (χ4v) is 0.754. The molecule has 1 unspecified atom stereocenters. The average molecular weight is 162 g/mol. The quantitative estimate of drug-likeness (QED) is 0.451. The molecule has 0 aromatic heterocycles. The number of hydrogen-bond acceptors (Lipinski definition) is 1. The van der Waals surface area contributed by atoms with Gasteiger partial charge in [-0.15, -0.1) is 18.2 Å². The van der Waals surface area contributed by atoms with Crippen molar-refractivity contribution in [3.05, 3.63) is 12.7 Å².